The third kappa shape index (κ3) is 3.16. The van der Waals surface area contributed by atoms with Crippen molar-refractivity contribution in [1.29, 1.82) is 0 Å². The lowest BCUT2D eigenvalue weighted by molar-refractivity contribution is 0.904. The number of hydrogen-bond donors (Lipinski definition) is 0. The number of halogens is 2. The van der Waals surface area contributed by atoms with E-state index in [4.69, 9.17) is 0 Å². The van der Waals surface area contributed by atoms with Crippen LogP contribution in [0, 0.1) is 0 Å². The predicted molar refractivity (Wildman–Crippen MR) is 73.8 cm³/mol. The lowest BCUT2D eigenvalue weighted by Crippen LogP contribution is -1.97. The van der Waals surface area contributed by atoms with Gasteiger partial charge in [0.05, 0.1) is 0 Å². The van der Waals surface area contributed by atoms with E-state index in [0.717, 1.165) is 16.6 Å². The van der Waals surface area contributed by atoms with Crippen molar-refractivity contribution >= 4 is 31.9 Å². The molecule has 0 aliphatic rings. The van der Waals surface area contributed by atoms with E-state index in [1.54, 1.807) is 0 Å². The molecule has 0 saturated carbocycles. The first-order valence-electron chi connectivity index (χ1n) is 5.05. The molecule has 2 aromatic rings. The van der Waals surface area contributed by atoms with Gasteiger partial charge in [0.1, 0.15) is 0 Å². The van der Waals surface area contributed by atoms with Crippen LogP contribution in [0.5, 0.6) is 0 Å². The Morgan fingerprint density at radius 2 is 1.81 bits per heavy atom. The van der Waals surface area contributed by atoms with Crippen molar-refractivity contribution in [3.8, 4) is 0 Å². The fourth-order valence-corrected chi connectivity index (χ4v) is 2.39. The standard InChI is InChI=1S/C13H11Br2N/c14-11-6-4-10(5-7-11)13(15)9-12-3-1-2-8-16-12/h1-8,13H,9H2. The van der Waals surface area contributed by atoms with Gasteiger partial charge in [0.2, 0.25) is 0 Å². The summed E-state index contributed by atoms with van der Waals surface area (Å²) in [7, 11) is 0. The van der Waals surface area contributed by atoms with Gasteiger partial charge in [0.25, 0.3) is 0 Å². The third-order valence-corrected chi connectivity index (χ3v) is 3.73. The predicted octanol–water partition coefficient (Wildman–Crippen LogP) is 4.52. The van der Waals surface area contributed by atoms with Crippen molar-refractivity contribution in [3.05, 3.63) is 64.4 Å². The molecule has 0 amide bonds. The van der Waals surface area contributed by atoms with Crippen LogP contribution in [0.15, 0.2) is 53.1 Å². The first-order chi connectivity index (χ1) is 7.75. The van der Waals surface area contributed by atoms with Crippen molar-refractivity contribution in [1.82, 2.24) is 4.98 Å². The number of benzene rings is 1. The zero-order valence-corrected chi connectivity index (χ0v) is 11.8. The average molecular weight is 341 g/mol. The largest absolute Gasteiger partial charge is 0.261 e. The van der Waals surface area contributed by atoms with Crippen LogP contribution in [0.25, 0.3) is 0 Å². The molecule has 0 spiro atoms. The second kappa shape index (κ2) is 5.60. The summed E-state index contributed by atoms with van der Waals surface area (Å²) in [5, 5.41) is 0. The number of rotatable bonds is 3. The molecular formula is C13H11Br2N. The second-order valence-electron chi connectivity index (χ2n) is 3.54. The number of pyridine rings is 1. The Bertz CT molecular complexity index is 439. The molecule has 1 aromatic carbocycles. The molecule has 0 aliphatic heterocycles. The Morgan fingerprint density at radius 1 is 1.06 bits per heavy atom. The summed E-state index contributed by atoms with van der Waals surface area (Å²) < 4.78 is 1.11. The van der Waals surface area contributed by atoms with E-state index in [1.807, 2.05) is 24.4 Å². The molecular weight excluding hydrogens is 330 g/mol. The monoisotopic (exact) mass is 339 g/mol. The molecule has 1 atom stereocenters. The molecule has 0 aliphatic carbocycles. The second-order valence-corrected chi connectivity index (χ2v) is 5.57. The van der Waals surface area contributed by atoms with E-state index in [2.05, 4.69) is 61.1 Å². The molecule has 1 heterocycles. The van der Waals surface area contributed by atoms with Gasteiger partial charge in [0.15, 0.2) is 0 Å². The molecule has 0 radical (unpaired) electrons. The summed E-state index contributed by atoms with van der Waals surface area (Å²) in [4.78, 5) is 4.64. The lowest BCUT2D eigenvalue weighted by atomic mass is 10.1. The van der Waals surface area contributed by atoms with Crippen molar-refractivity contribution in [2.24, 2.45) is 0 Å². The van der Waals surface area contributed by atoms with E-state index in [9.17, 15) is 0 Å². The Balaban J connectivity index is 2.09. The lowest BCUT2D eigenvalue weighted by Gasteiger charge is -2.09. The molecule has 82 valence electrons. The van der Waals surface area contributed by atoms with Gasteiger partial charge in [-0.2, -0.15) is 0 Å². The summed E-state index contributed by atoms with van der Waals surface area (Å²) in [5.41, 5.74) is 2.38. The van der Waals surface area contributed by atoms with Crippen LogP contribution in [-0.4, -0.2) is 4.98 Å². The Labute approximate surface area is 112 Å². The van der Waals surface area contributed by atoms with Gasteiger partial charge in [-0.25, -0.2) is 0 Å². The van der Waals surface area contributed by atoms with Crippen LogP contribution < -0.4 is 0 Å². The summed E-state index contributed by atoms with van der Waals surface area (Å²) in [6, 6.07) is 14.4. The van der Waals surface area contributed by atoms with Crippen molar-refractivity contribution < 1.29 is 0 Å². The summed E-state index contributed by atoms with van der Waals surface area (Å²) in [6.45, 7) is 0. The smallest absolute Gasteiger partial charge is 0.0450 e. The highest BCUT2D eigenvalue weighted by Gasteiger charge is 2.08. The number of nitrogens with zero attached hydrogens (tertiary/aromatic N) is 1. The molecule has 3 heteroatoms. The number of alkyl halides is 1. The van der Waals surface area contributed by atoms with Gasteiger partial charge < -0.3 is 0 Å². The van der Waals surface area contributed by atoms with Gasteiger partial charge in [-0.1, -0.05) is 50.1 Å². The Morgan fingerprint density at radius 3 is 2.44 bits per heavy atom. The van der Waals surface area contributed by atoms with Crippen LogP contribution in [0.3, 0.4) is 0 Å². The quantitative estimate of drug-likeness (QED) is 0.748. The molecule has 2 rings (SSSR count). The fourth-order valence-electron chi connectivity index (χ4n) is 1.49. The van der Waals surface area contributed by atoms with Crippen LogP contribution >= 0.6 is 31.9 Å². The van der Waals surface area contributed by atoms with Crippen molar-refractivity contribution in [2.75, 3.05) is 0 Å². The van der Waals surface area contributed by atoms with Gasteiger partial charge in [0, 0.05) is 27.6 Å². The Kier molecular flexibility index (Phi) is 4.13. The first-order valence-corrected chi connectivity index (χ1v) is 6.76. The van der Waals surface area contributed by atoms with Gasteiger partial charge in [-0.15, -0.1) is 0 Å². The van der Waals surface area contributed by atoms with Gasteiger partial charge in [-0.3, -0.25) is 4.98 Å². The molecule has 0 fully saturated rings. The summed E-state index contributed by atoms with van der Waals surface area (Å²) >= 11 is 7.13. The van der Waals surface area contributed by atoms with Gasteiger partial charge >= 0.3 is 0 Å². The molecule has 1 nitrogen and oxygen atoms in total. The van der Waals surface area contributed by atoms with Crippen LogP contribution in [0.1, 0.15) is 16.1 Å². The average Bonchev–Trinajstić information content (AvgIpc) is 2.31. The van der Waals surface area contributed by atoms with Crippen molar-refractivity contribution in [2.45, 2.75) is 11.2 Å². The minimum atomic E-state index is 0.315. The minimum absolute atomic E-state index is 0.315. The maximum absolute atomic E-state index is 4.32. The zero-order chi connectivity index (χ0) is 11.4. The third-order valence-electron chi connectivity index (χ3n) is 2.35. The van der Waals surface area contributed by atoms with Gasteiger partial charge in [-0.05, 0) is 29.8 Å². The molecule has 1 aromatic heterocycles. The van der Waals surface area contributed by atoms with E-state index in [-0.39, 0.29) is 0 Å². The zero-order valence-electron chi connectivity index (χ0n) is 8.61. The van der Waals surface area contributed by atoms with E-state index in [0.29, 0.717) is 4.83 Å². The summed E-state index contributed by atoms with van der Waals surface area (Å²) in [6.07, 6.45) is 2.74. The van der Waals surface area contributed by atoms with Crippen LogP contribution in [0.2, 0.25) is 0 Å². The highest BCUT2D eigenvalue weighted by molar-refractivity contribution is 9.10. The highest BCUT2D eigenvalue weighted by Crippen LogP contribution is 2.27. The number of hydrogen-bond acceptors (Lipinski definition) is 1. The first kappa shape index (κ1) is 11.8. The van der Waals surface area contributed by atoms with E-state index < -0.39 is 0 Å². The normalized spacial score (nSPS) is 12.4. The molecule has 16 heavy (non-hydrogen) atoms. The van der Waals surface area contributed by atoms with E-state index in [1.165, 1.54) is 5.56 Å². The summed E-state index contributed by atoms with van der Waals surface area (Å²) in [5.74, 6) is 0. The molecule has 1 unspecified atom stereocenters. The number of aromatic nitrogens is 1. The fraction of sp³-hybridized carbons (Fsp3) is 0.154. The highest BCUT2D eigenvalue weighted by atomic mass is 79.9. The Hall–Kier alpha value is -0.670. The van der Waals surface area contributed by atoms with E-state index >= 15 is 0 Å². The molecule has 0 saturated heterocycles. The van der Waals surface area contributed by atoms with Crippen LogP contribution in [-0.2, 0) is 6.42 Å². The maximum Gasteiger partial charge on any atom is 0.0450 e. The topological polar surface area (TPSA) is 12.9 Å². The van der Waals surface area contributed by atoms with Crippen LogP contribution in [0.4, 0.5) is 0 Å². The van der Waals surface area contributed by atoms with Crippen molar-refractivity contribution in [3.63, 3.8) is 0 Å². The maximum atomic E-state index is 4.32. The molecule has 0 N–H and O–H groups in total. The minimum Gasteiger partial charge on any atom is -0.261 e. The molecule has 0 bridgehead atoms. The SMILES string of the molecule is Brc1ccc(C(Br)Cc2ccccn2)cc1.